The van der Waals surface area contributed by atoms with E-state index < -0.39 is 66.3 Å². The summed E-state index contributed by atoms with van der Waals surface area (Å²) < 4.78 is 28.7. The van der Waals surface area contributed by atoms with Crippen LogP contribution >= 0.6 is 0 Å². The minimum atomic E-state index is -1.91. The minimum Gasteiger partial charge on any atom is -0.466 e. The van der Waals surface area contributed by atoms with Crippen LogP contribution in [0.1, 0.15) is 139 Å². The van der Waals surface area contributed by atoms with Gasteiger partial charge < -0.3 is 54.0 Å². The molecule has 17 nitrogen and oxygen atoms in total. The molecule has 5 N–H and O–H groups in total. The zero-order valence-electron chi connectivity index (χ0n) is 35.6. The first-order valence-electron chi connectivity index (χ1n) is 20.3. The molecule has 0 aromatic rings. The lowest BCUT2D eigenvalue weighted by Crippen LogP contribution is -2.42. The summed E-state index contributed by atoms with van der Waals surface area (Å²) in [6, 6.07) is 0. The van der Waals surface area contributed by atoms with Crippen LogP contribution in [0, 0.1) is 11.8 Å². The Labute approximate surface area is 339 Å². The maximum atomic E-state index is 11.4. The molecule has 0 aliphatic heterocycles. The number of unbranched alkanes of at least 4 members (excludes halogenated alkanes) is 6. The normalized spacial score (nSPS) is 13.3. The molecule has 0 fully saturated rings. The third kappa shape index (κ3) is 34.4. The van der Waals surface area contributed by atoms with Crippen molar-refractivity contribution in [3.8, 4) is 0 Å². The molecule has 57 heavy (non-hydrogen) atoms. The fourth-order valence-electron chi connectivity index (χ4n) is 3.74. The first-order chi connectivity index (χ1) is 26.9. The maximum Gasteiger partial charge on any atom is 0.338 e. The predicted octanol–water partition coefficient (Wildman–Crippen LogP) is 3.49. The highest BCUT2D eigenvalue weighted by Gasteiger charge is 2.34. The smallest absolute Gasteiger partial charge is 0.338 e. The van der Waals surface area contributed by atoms with E-state index in [0.717, 1.165) is 51.4 Å². The lowest BCUT2D eigenvalue weighted by molar-refractivity contribution is -0.173. The highest BCUT2D eigenvalue weighted by atomic mass is 16.6. The van der Waals surface area contributed by atoms with Crippen molar-refractivity contribution in [1.82, 2.24) is 0 Å². The van der Waals surface area contributed by atoms with Gasteiger partial charge in [0.1, 0.15) is 0 Å². The molecule has 5 unspecified atom stereocenters. The summed E-state index contributed by atoms with van der Waals surface area (Å²) in [5, 5.41) is 47.4. The summed E-state index contributed by atoms with van der Waals surface area (Å²) in [5.74, 6) is -4.66. The Morgan fingerprint density at radius 1 is 0.386 bits per heavy atom. The molecule has 0 radical (unpaired) electrons. The number of esters is 6. The van der Waals surface area contributed by atoms with Gasteiger partial charge in [-0.15, -0.1) is 0 Å². The van der Waals surface area contributed by atoms with E-state index in [0.29, 0.717) is 44.1 Å². The largest absolute Gasteiger partial charge is 0.466 e. The SMILES string of the molecule is CC(C)CCOC(=O)C(O)C(O)C(=O)OCCC(C)C.CCCCCOC(=O)C(O)C(O)C(=O)OCCCCC.CCCCOC(=O)CC(O)C(=O)OCCCC. The summed E-state index contributed by atoms with van der Waals surface area (Å²) in [6.45, 7) is 17.0. The van der Waals surface area contributed by atoms with Crippen LogP contribution in [0.3, 0.4) is 0 Å². The molecule has 0 heterocycles. The molecule has 0 aliphatic carbocycles. The number of rotatable bonds is 29. The highest BCUT2D eigenvalue weighted by Crippen LogP contribution is 2.07. The van der Waals surface area contributed by atoms with E-state index in [1.165, 1.54) is 0 Å². The molecule has 0 rings (SSSR count). The molecule has 0 saturated carbocycles. The monoisotopic (exact) mass is 826 g/mol. The third-order valence-electron chi connectivity index (χ3n) is 7.56. The van der Waals surface area contributed by atoms with Crippen molar-refractivity contribution >= 4 is 35.8 Å². The van der Waals surface area contributed by atoms with Gasteiger partial charge in [-0.25, -0.2) is 24.0 Å². The van der Waals surface area contributed by atoms with Gasteiger partial charge in [-0.1, -0.05) is 93.9 Å². The Morgan fingerprint density at radius 2 is 0.667 bits per heavy atom. The van der Waals surface area contributed by atoms with Gasteiger partial charge in [0.2, 0.25) is 0 Å². The lowest BCUT2D eigenvalue weighted by atomic mass is 10.1. The second-order valence-corrected chi connectivity index (χ2v) is 14.0. The summed E-state index contributed by atoms with van der Waals surface area (Å²) in [6.07, 6.45) is 0.443. The Hall–Kier alpha value is -3.38. The number of carbonyl (C=O) groups excluding carboxylic acids is 6. The number of aliphatic hydroxyl groups excluding tert-OH is 5. The van der Waals surface area contributed by atoms with Crippen molar-refractivity contribution in [2.45, 2.75) is 169 Å². The Balaban J connectivity index is -0.000000771. The number of hydrogen-bond acceptors (Lipinski definition) is 17. The molecular weight excluding hydrogens is 752 g/mol. The summed E-state index contributed by atoms with van der Waals surface area (Å²) in [5.41, 5.74) is 0. The van der Waals surface area contributed by atoms with Gasteiger partial charge in [-0.2, -0.15) is 0 Å². The van der Waals surface area contributed by atoms with Crippen molar-refractivity contribution in [2.75, 3.05) is 39.6 Å². The van der Waals surface area contributed by atoms with E-state index in [1.54, 1.807) is 0 Å². The van der Waals surface area contributed by atoms with E-state index in [1.807, 2.05) is 55.4 Å². The molecule has 336 valence electrons. The molecule has 5 atom stereocenters. The van der Waals surface area contributed by atoms with Crippen LogP contribution in [-0.2, 0) is 57.2 Å². The molecule has 0 aromatic carbocycles. The number of ether oxygens (including phenoxy) is 6. The standard InChI is InChI=1S/2C14H26O6.C12H22O5/c1-9(2)5-7-19-13(17)11(15)12(16)14(18)20-8-6-10(3)4;1-3-5-7-9-19-13(17)11(15)12(16)14(18)20-10-8-6-4-2;1-3-5-7-16-11(14)9-10(13)12(15)17-8-6-4-2/h9-12,15-16H,5-8H2,1-4H3;11-12,15-16H,3-10H2,1-2H3;10,13H,3-9H2,1-2H3. The van der Waals surface area contributed by atoms with Crippen LogP contribution in [0.2, 0.25) is 0 Å². The summed E-state index contributed by atoms with van der Waals surface area (Å²) in [4.78, 5) is 68.0. The fourth-order valence-corrected chi connectivity index (χ4v) is 3.74. The van der Waals surface area contributed by atoms with Gasteiger partial charge in [0.15, 0.2) is 30.5 Å². The average molecular weight is 827 g/mol. The maximum absolute atomic E-state index is 11.4. The van der Waals surface area contributed by atoms with Crippen molar-refractivity contribution < 1.29 is 82.7 Å². The molecule has 0 saturated heterocycles. The van der Waals surface area contributed by atoms with Crippen LogP contribution in [-0.4, -0.2) is 132 Å². The molecule has 17 heteroatoms. The van der Waals surface area contributed by atoms with Gasteiger partial charge in [0, 0.05) is 0 Å². The quantitative estimate of drug-likeness (QED) is 0.0411. The van der Waals surface area contributed by atoms with Crippen LogP contribution in [0.4, 0.5) is 0 Å². The van der Waals surface area contributed by atoms with Crippen molar-refractivity contribution in [2.24, 2.45) is 11.8 Å². The van der Waals surface area contributed by atoms with Gasteiger partial charge >= 0.3 is 35.8 Å². The van der Waals surface area contributed by atoms with Crippen molar-refractivity contribution in [1.29, 1.82) is 0 Å². The van der Waals surface area contributed by atoms with Crippen LogP contribution in [0.15, 0.2) is 0 Å². The van der Waals surface area contributed by atoms with Gasteiger partial charge in [-0.3, -0.25) is 4.79 Å². The molecule has 0 spiro atoms. The number of carbonyl (C=O) groups is 6. The fraction of sp³-hybridized carbons (Fsp3) is 0.850. The van der Waals surface area contributed by atoms with Gasteiger partial charge in [0.05, 0.1) is 46.1 Å². The Kier molecular flexibility index (Phi) is 38.8. The van der Waals surface area contributed by atoms with E-state index in [9.17, 15) is 54.3 Å². The second-order valence-electron chi connectivity index (χ2n) is 14.0. The van der Waals surface area contributed by atoms with Crippen molar-refractivity contribution in [3.63, 3.8) is 0 Å². The Morgan fingerprint density at radius 3 is 0.982 bits per heavy atom. The molecular formula is C40H74O17. The van der Waals surface area contributed by atoms with E-state index in [2.05, 4.69) is 0 Å². The van der Waals surface area contributed by atoms with E-state index >= 15 is 0 Å². The number of aliphatic hydroxyl groups is 5. The van der Waals surface area contributed by atoms with Gasteiger partial charge in [0.25, 0.3) is 0 Å². The second kappa shape index (κ2) is 38.2. The summed E-state index contributed by atoms with van der Waals surface area (Å²) >= 11 is 0. The summed E-state index contributed by atoms with van der Waals surface area (Å²) in [7, 11) is 0. The zero-order chi connectivity index (χ0) is 44.2. The first kappa shape index (κ1) is 57.9. The van der Waals surface area contributed by atoms with Gasteiger partial charge in [-0.05, 0) is 50.4 Å². The lowest BCUT2D eigenvalue weighted by Gasteiger charge is -2.16. The van der Waals surface area contributed by atoms with Crippen LogP contribution < -0.4 is 0 Å². The van der Waals surface area contributed by atoms with E-state index in [4.69, 9.17) is 28.4 Å². The van der Waals surface area contributed by atoms with Crippen LogP contribution in [0.5, 0.6) is 0 Å². The van der Waals surface area contributed by atoms with Crippen LogP contribution in [0.25, 0.3) is 0 Å². The number of hydrogen-bond donors (Lipinski definition) is 5. The molecule has 0 aliphatic rings. The minimum absolute atomic E-state index is 0.142. The molecule has 0 aromatic heterocycles. The van der Waals surface area contributed by atoms with Crippen molar-refractivity contribution in [3.05, 3.63) is 0 Å². The highest BCUT2D eigenvalue weighted by molar-refractivity contribution is 5.86. The predicted molar refractivity (Wildman–Crippen MR) is 208 cm³/mol. The Bertz CT molecular complexity index is 1010. The molecule has 0 amide bonds. The van der Waals surface area contributed by atoms with E-state index in [-0.39, 0.29) is 39.5 Å². The molecule has 0 bridgehead atoms. The first-order valence-corrected chi connectivity index (χ1v) is 20.3. The zero-order valence-corrected chi connectivity index (χ0v) is 35.6. The third-order valence-corrected chi connectivity index (χ3v) is 7.56. The average Bonchev–Trinajstić information content (AvgIpc) is 3.17. The topological polar surface area (TPSA) is 259 Å².